The number of fused-ring (bicyclic) bond motifs is 1. The highest BCUT2D eigenvalue weighted by atomic mass is 32.1. The number of anilines is 1. The number of aryl methyl sites for hydroxylation is 1. The molecular formula is C22H34N2O2S2. The van der Waals surface area contributed by atoms with Gasteiger partial charge in [-0.1, -0.05) is 26.2 Å². The predicted molar refractivity (Wildman–Crippen MR) is 122 cm³/mol. The number of carbonyl (C=O) groups is 1. The van der Waals surface area contributed by atoms with E-state index in [1.165, 1.54) is 61.8 Å². The summed E-state index contributed by atoms with van der Waals surface area (Å²) in [7, 11) is 0. The van der Waals surface area contributed by atoms with E-state index >= 15 is 0 Å². The molecule has 1 saturated carbocycles. The molecule has 2 N–H and O–H groups in total. The molecule has 0 aromatic carbocycles. The largest absolute Gasteiger partial charge is 0.462 e. The van der Waals surface area contributed by atoms with Gasteiger partial charge >= 0.3 is 5.97 Å². The van der Waals surface area contributed by atoms with Crippen LogP contribution in [0, 0.1) is 5.92 Å². The van der Waals surface area contributed by atoms with Crippen LogP contribution in [0.4, 0.5) is 5.00 Å². The van der Waals surface area contributed by atoms with Crippen molar-refractivity contribution >= 4 is 39.6 Å². The van der Waals surface area contributed by atoms with Gasteiger partial charge in [0.1, 0.15) is 5.00 Å². The fourth-order valence-electron chi connectivity index (χ4n) is 4.47. The first-order valence-electron chi connectivity index (χ1n) is 11.0. The Morgan fingerprint density at radius 3 is 2.50 bits per heavy atom. The van der Waals surface area contributed by atoms with E-state index in [1.807, 2.05) is 6.92 Å². The van der Waals surface area contributed by atoms with Crippen LogP contribution in [0.5, 0.6) is 0 Å². The summed E-state index contributed by atoms with van der Waals surface area (Å²) in [6.45, 7) is 4.54. The molecule has 3 rings (SSSR count). The molecule has 0 atom stereocenters. The fourth-order valence-corrected chi connectivity index (χ4v) is 6.08. The lowest BCUT2D eigenvalue weighted by Crippen LogP contribution is -2.40. The van der Waals surface area contributed by atoms with E-state index in [-0.39, 0.29) is 5.97 Å². The lowest BCUT2D eigenvalue weighted by molar-refractivity contribution is 0.0526. The second-order valence-electron chi connectivity index (χ2n) is 8.07. The summed E-state index contributed by atoms with van der Waals surface area (Å²) < 4.78 is 5.38. The smallest absolute Gasteiger partial charge is 0.341 e. The summed E-state index contributed by atoms with van der Waals surface area (Å²) >= 11 is 7.31. The third kappa shape index (κ3) is 5.47. The first-order valence-corrected chi connectivity index (χ1v) is 12.2. The third-order valence-electron chi connectivity index (χ3n) is 6.14. The van der Waals surface area contributed by atoms with Crippen LogP contribution in [-0.4, -0.2) is 23.7 Å². The number of esters is 1. The number of hydrogen-bond donors (Lipinski definition) is 2. The van der Waals surface area contributed by atoms with Gasteiger partial charge in [0.25, 0.3) is 0 Å². The molecule has 0 radical (unpaired) electrons. The molecule has 0 saturated heterocycles. The minimum atomic E-state index is -0.214. The molecule has 156 valence electrons. The van der Waals surface area contributed by atoms with Crippen LogP contribution < -0.4 is 10.6 Å². The Morgan fingerprint density at radius 1 is 1.11 bits per heavy atom. The molecule has 2 aliphatic carbocycles. The average molecular weight is 423 g/mol. The molecule has 1 fully saturated rings. The molecule has 0 bridgehead atoms. The molecular weight excluding hydrogens is 388 g/mol. The van der Waals surface area contributed by atoms with Crippen molar-refractivity contribution in [3.63, 3.8) is 0 Å². The van der Waals surface area contributed by atoms with Gasteiger partial charge in [-0.05, 0) is 82.0 Å². The Hall–Kier alpha value is -1.14. The predicted octanol–water partition coefficient (Wildman–Crippen LogP) is 5.84. The van der Waals surface area contributed by atoms with Gasteiger partial charge in [-0.2, -0.15) is 0 Å². The van der Waals surface area contributed by atoms with Crippen LogP contribution in [0.1, 0.15) is 92.4 Å². The van der Waals surface area contributed by atoms with E-state index < -0.39 is 0 Å². The van der Waals surface area contributed by atoms with Crippen LogP contribution in [0.25, 0.3) is 0 Å². The quantitative estimate of drug-likeness (QED) is 0.461. The summed E-state index contributed by atoms with van der Waals surface area (Å²) in [5, 5.41) is 8.35. The maximum absolute atomic E-state index is 12.7. The summed E-state index contributed by atoms with van der Waals surface area (Å²) in [6.07, 6.45) is 13.0. The van der Waals surface area contributed by atoms with Gasteiger partial charge in [-0.3, -0.25) is 0 Å². The molecule has 0 aliphatic heterocycles. The van der Waals surface area contributed by atoms with Crippen LogP contribution >= 0.6 is 23.6 Å². The molecule has 0 spiro atoms. The molecule has 1 aromatic rings. The summed E-state index contributed by atoms with van der Waals surface area (Å²) in [5.74, 6) is 0.654. The van der Waals surface area contributed by atoms with Crippen LogP contribution in [0.3, 0.4) is 0 Å². The number of hydrogen-bond acceptors (Lipinski definition) is 4. The average Bonchev–Trinajstić information content (AvgIpc) is 2.98. The summed E-state index contributed by atoms with van der Waals surface area (Å²) in [5.41, 5.74) is 1.92. The number of thiocarbonyl (C=S) groups is 1. The normalized spacial score (nSPS) is 22.5. The van der Waals surface area contributed by atoms with Gasteiger partial charge < -0.3 is 15.4 Å². The number of nitrogens with one attached hydrogen (secondary N) is 2. The third-order valence-corrected chi connectivity index (χ3v) is 7.56. The number of carbonyl (C=O) groups excluding carboxylic acids is 1. The molecule has 1 heterocycles. The zero-order valence-electron chi connectivity index (χ0n) is 17.3. The van der Waals surface area contributed by atoms with Crippen molar-refractivity contribution < 1.29 is 9.53 Å². The second-order valence-corrected chi connectivity index (χ2v) is 9.58. The van der Waals surface area contributed by atoms with Crippen molar-refractivity contribution in [1.29, 1.82) is 0 Å². The van der Waals surface area contributed by atoms with Gasteiger partial charge in [-0.25, -0.2) is 4.79 Å². The van der Waals surface area contributed by atoms with Gasteiger partial charge in [0.05, 0.1) is 12.2 Å². The second kappa shape index (κ2) is 10.6. The number of ether oxygens (including phenoxy) is 1. The Bertz CT molecular complexity index is 678. The van der Waals surface area contributed by atoms with Crippen LogP contribution in [0.2, 0.25) is 0 Å². The van der Waals surface area contributed by atoms with Crippen molar-refractivity contribution in [3.05, 3.63) is 16.0 Å². The van der Waals surface area contributed by atoms with E-state index in [9.17, 15) is 4.79 Å². The lowest BCUT2D eigenvalue weighted by atomic mass is 9.85. The maximum Gasteiger partial charge on any atom is 0.341 e. The van der Waals surface area contributed by atoms with Crippen molar-refractivity contribution in [3.8, 4) is 0 Å². The monoisotopic (exact) mass is 422 g/mol. The lowest BCUT2D eigenvalue weighted by Gasteiger charge is -2.29. The molecule has 0 unspecified atom stereocenters. The molecule has 2 aliphatic rings. The molecule has 1 aromatic heterocycles. The molecule has 4 nitrogen and oxygen atoms in total. The Morgan fingerprint density at radius 2 is 1.82 bits per heavy atom. The first-order chi connectivity index (χ1) is 13.6. The van der Waals surface area contributed by atoms with E-state index in [1.54, 1.807) is 11.3 Å². The zero-order valence-corrected chi connectivity index (χ0v) is 18.9. The minimum Gasteiger partial charge on any atom is -0.462 e. The molecule has 6 heteroatoms. The minimum absolute atomic E-state index is 0.214. The number of thiophene rings is 1. The zero-order chi connectivity index (χ0) is 19.9. The van der Waals surface area contributed by atoms with Gasteiger partial charge in [0.15, 0.2) is 5.11 Å². The fraction of sp³-hybridized carbons (Fsp3) is 0.727. The van der Waals surface area contributed by atoms with Gasteiger partial charge in [-0.15, -0.1) is 11.3 Å². The summed E-state index contributed by atoms with van der Waals surface area (Å²) in [6, 6.07) is 0.440. The first kappa shape index (κ1) is 21.6. The van der Waals surface area contributed by atoms with Crippen molar-refractivity contribution in [2.24, 2.45) is 5.92 Å². The van der Waals surface area contributed by atoms with E-state index in [0.717, 1.165) is 35.7 Å². The molecule has 0 amide bonds. The highest BCUT2D eigenvalue weighted by molar-refractivity contribution is 7.80. The maximum atomic E-state index is 12.7. The standard InChI is InChI=1S/C22H34N2O2S2/c1-3-15-11-13-16(14-12-15)23-22(27)24-20-19(21(25)26-4-2)17-9-7-5-6-8-10-18(17)28-20/h15-16H,3-14H2,1-2H3,(H2,23,24,27). The van der Waals surface area contributed by atoms with Crippen molar-refractivity contribution in [1.82, 2.24) is 5.32 Å². The van der Waals surface area contributed by atoms with Gasteiger partial charge in [0.2, 0.25) is 0 Å². The highest BCUT2D eigenvalue weighted by Crippen LogP contribution is 2.37. The Kier molecular flexibility index (Phi) is 8.15. The van der Waals surface area contributed by atoms with Crippen LogP contribution in [-0.2, 0) is 17.6 Å². The topological polar surface area (TPSA) is 50.4 Å². The van der Waals surface area contributed by atoms with E-state index in [0.29, 0.717) is 17.8 Å². The van der Waals surface area contributed by atoms with E-state index in [2.05, 4.69) is 17.6 Å². The Balaban J connectivity index is 1.72. The highest BCUT2D eigenvalue weighted by Gasteiger charge is 2.26. The van der Waals surface area contributed by atoms with Crippen molar-refractivity contribution in [2.45, 2.75) is 90.5 Å². The molecule has 28 heavy (non-hydrogen) atoms. The SMILES string of the molecule is CCOC(=O)c1c(NC(=S)NC2CCC(CC)CC2)sc2c1CCCCCC2. The van der Waals surface area contributed by atoms with Crippen molar-refractivity contribution in [2.75, 3.05) is 11.9 Å². The van der Waals surface area contributed by atoms with E-state index in [4.69, 9.17) is 17.0 Å². The van der Waals surface area contributed by atoms with Gasteiger partial charge in [0, 0.05) is 10.9 Å². The van der Waals surface area contributed by atoms with Crippen LogP contribution in [0.15, 0.2) is 0 Å². The Labute approximate surface area is 178 Å². The summed E-state index contributed by atoms with van der Waals surface area (Å²) in [4.78, 5) is 14.0. The number of rotatable bonds is 5.